The van der Waals surface area contributed by atoms with Gasteiger partial charge in [-0.25, -0.2) is 9.37 Å². The van der Waals surface area contributed by atoms with E-state index in [2.05, 4.69) is 10.3 Å². The molecule has 0 bridgehead atoms. The van der Waals surface area contributed by atoms with Gasteiger partial charge in [0.25, 0.3) is 5.91 Å². The summed E-state index contributed by atoms with van der Waals surface area (Å²) in [6.07, 6.45) is -0.914. The highest BCUT2D eigenvalue weighted by Crippen LogP contribution is 2.43. The molecule has 4 rings (SSSR count). The lowest BCUT2D eigenvalue weighted by molar-refractivity contribution is -0.307. The number of nitrogens with zero attached hydrogens (tertiary/aromatic N) is 2. The molecule has 0 unspecified atom stereocenters. The minimum absolute atomic E-state index is 0.122. The Labute approximate surface area is 219 Å². The average molecular weight is 525 g/mol. The normalized spacial score (nSPS) is 14.6. The molecule has 1 saturated carbocycles. The Morgan fingerprint density at radius 1 is 1.13 bits per heavy atom. The van der Waals surface area contributed by atoms with Gasteiger partial charge in [0.2, 0.25) is 0 Å². The van der Waals surface area contributed by atoms with Crippen LogP contribution in [0.1, 0.15) is 59.8 Å². The van der Waals surface area contributed by atoms with E-state index in [4.69, 9.17) is 4.74 Å². The predicted molar refractivity (Wildman–Crippen MR) is 135 cm³/mol. The Morgan fingerprint density at radius 3 is 2.42 bits per heavy atom. The number of methoxy groups -OCH3 is 1. The molecule has 0 aliphatic heterocycles. The van der Waals surface area contributed by atoms with Gasteiger partial charge in [-0.1, -0.05) is 12.1 Å². The number of carboxylic acids is 1. The number of carboxylic acid groups (broad SMARTS) is 1. The average Bonchev–Trinajstić information content (AvgIpc) is 3.66. The van der Waals surface area contributed by atoms with Crippen molar-refractivity contribution >= 4 is 11.9 Å². The van der Waals surface area contributed by atoms with Crippen molar-refractivity contribution in [3.63, 3.8) is 0 Å². The van der Waals surface area contributed by atoms with E-state index in [1.54, 1.807) is 19.2 Å². The van der Waals surface area contributed by atoms with Crippen molar-refractivity contribution in [3.8, 4) is 17.1 Å². The van der Waals surface area contributed by atoms with Crippen LogP contribution in [0.25, 0.3) is 11.4 Å². The number of hydrogen-bond donors (Lipinski definition) is 3. The van der Waals surface area contributed by atoms with E-state index in [-0.39, 0.29) is 36.9 Å². The summed E-state index contributed by atoms with van der Waals surface area (Å²) in [6, 6.07) is 13.2. The Hall–Kier alpha value is -3.76. The number of nitrogens with one attached hydrogen (secondary N) is 1. The second-order valence-corrected chi connectivity index (χ2v) is 9.54. The SMILES string of the molecule is COc1ccc(CNC(=O)c2nc(-c3ccc(F)cc3)n(CC[C@@H](O)C[C@@H](O)CC(=O)[O-])c2C2CC2)cc1. The van der Waals surface area contributed by atoms with Crippen LogP contribution in [-0.2, 0) is 17.9 Å². The lowest BCUT2D eigenvalue weighted by Crippen LogP contribution is -2.29. The number of ether oxygens (including phenoxy) is 1. The first-order valence-electron chi connectivity index (χ1n) is 12.6. The zero-order valence-corrected chi connectivity index (χ0v) is 21.1. The third kappa shape index (κ3) is 6.96. The molecule has 3 N–H and O–H groups in total. The molecule has 1 amide bonds. The van der Waals surface area contributed by atoms with Crippen LogP contribution in [0.15, 0.2) is 48.5 Å². The molecule has 1 aliphatic rings. The lowest BCUT2D eigenvalue weighted by Gasteiger charge is -2.18. The molecule has 1 fully saturated rings. The standard InChI is InChI=1S/C28H32FN3O6/c1-38-23-10-2-17(3-11-23)16-30-28(37)25-26(18-4-5-18)32(13-12-21(33)14-22(34)15-24(35)36)27(31-25)19-6-8-20(29)9-7-19/h2-3,6-11,18,21-22,33-34H,4-5,12-16H2,1H3,(H,30,37)(H,35,36)/p-1/t21-,22-/m1/s1. The molecule has 2 aromatic carbocycles. The number of carbonyl (C=O) groups excluding carboxylic acids is 2. The van der Waals surface area contributed by atoms with Crippen LogP contribution in [0.5, 0.6) is 5.75 Å². The van der Waals surface area contributed by atoms with Crippen LogP contribution in [0.4, 0.5) is 4.39 Å². The molecule has 1 aromatic heterocycles. The number of aliphatic carboxylic acids is 1. The Morgan fingerprint density at radius 2 is 1.82 bits per heavy atom. The van der Waals surface area contributed by atoms with Gasteiger partial charge < -0.3 is 34.7 Å². The first-order chi connectivity index (χ1) is 18.2. The third-order valence-electron chi connectivity index (χ3n) is 6.53. The molecule has 38 heavy (non-hydrogen) atoms. The van der Waals surface area contributed by atoms with E-state index in [0.29, 0.717) is 23.7 Å². The molecule has 10 heteroatoms. The molecule has 3 aromatic rings. The maximum Gasteiger partial charge on any atom is 0.272 e. The van der Waals surface area contributed by atoms with Gasteiger partial charge >= 0.3 is 0 Å². The minimum Gasteiger partial charge on any atom is -0.550 e. The number of aromatic nitrogens is 2. The highest BCUT2D eigenvalue weighted by atomic mass is 19.1. The molecule has 0 saturated heterocycles. The van der Waals surface area contributed by atoms with Gasteiger partial charge in [0, 0.05) is 37.0 Å². The summed E-state index contributed by atoms with van der Waals surface area (Å²) in [6.45, 7) is 0.567. The van der Waals surface area contributed by atoms with Gasteiger partial charge in [0.1, 0.15) is 23.1 Å². The largest absolute Gasteiger partial charge is 0.550 e. The number of aliphatic hydroxyl groups excluding tert-OH is 2. The van der Waals surface area contributed by atoms with Crippen molar-refractivity contribution in [2.45, 2.75) is 63.3 Å². The summed E-state index contributed by atoms with van der Waals surface area (Å²) >= 11 is 0. The van der Waals surface area contributed by atoms with E-state index in [1.807, 2.05) is 28.8 Å². The summed E-state index contributed by atoms with van der Waals surface area (Å²) in [7, 11) is 1.58. The van der Waals surface area contributed by atoms with E-state index < -0.39 is 30.4 Å². The maximum atomic E-state index is 13.6. The van der Waals surface area contributed by atoms with Crippen LogP contribution >= 0.6 is 0 Å². The predicted octanol–water partition coefficient (Wildman–Crippen LogP) is 2.15. The second kappa shape index (κ2) is 12.2. The van der Waals surface area contributed by atoms with E-state index in [0.717, 1.165) is 24.1 Å². The Kier molecular flexibility index (Phi) is 8.75. The number of halogens is 1. The fourth-order valence-electron chi connectivity index (χ4n) is 4.44. The van der Waals surface area contributed by atoms with Crippen LogP contribution in [0.2, 0.25) is 0 Å². The zero-order chi connectivity index (χ0) is 27.2. The molecule has 1 heterocycles. The summed E-state index contributed by atoms with van der Waals surface area (Å²) < 4.78 is 20.7. The first kappa shape index (κ1) is 27.3. The van der Waals surface area contributed by atoms with Crippen LogP contribution in [-0.4, -0.2) is 51.0 Å². The molecule has 0 spiro atoms. The van der Waals surface area contributed by atoms with Gasteiger partial charge in [0.15, 0.2) is 0 Å². The highest BCUT2D eigenvalue weighted by molar-refractivity contribution is 5.94. The summed E-state index contributed by atoms with van der Waals surface area (Å²) in [4.78, 5) is 28.7. The van der Waals surface area contributed by atoms with Gasteiger partial charge in [-0.3, -0.25) is 4.79 Å². The van der Waals surface area contributed by atoms with E-state index in [9.17, 15) is 29.3 Å². The second-order valence-electron chi connectivity index (χ2n) is 9.54. The number of benzene rings is 2. The van der Waals surface area contributed by atoms with Crippen molar-refractivity contribution in [1.29, 1.82) is 0 Å². The zero-order valence-electron chi connectivity index (χ0n) is 21.1. The topological polar surface area (TPSA) is 137 Å². The van der Waals surface area contributed by atoms with E-state index in [1.165, 1.54) is 12.1 Å². The maximum absolute atomic E-state index is 13.6. The smallest absolute Gasteiger partial charge is 0.272 e. The third-order valence-corrected chi connectivity index (χ3v) is 6.53. The van der Waals surface area contributed by atoms with Crippen LogP contribution in [0, 0.1) is 5.82 Å². The minimum atomic E-state index is -1.39. The number of imidazole rings is 1. The summed E-state index contributed by atoms with van der Waals surface area (Å²) in [5.74, 6) is -0.811. The summed E-state index contributed by atoms with van der Waals surface area (Å²) in [5.41, 5.74) is 2.54. The van der Waals surface area contributed by atoms with Crippen molar-refractivity contribution in [2.24, 2.45) is 0 Å². The Balaban J connectivity index is 1.58. The van der Waals surface area contributed by atoms with Crippen molar-refractivity contribution in [2.75, 3.05) is 7.11 Å². The number of aliphatic hydroxyl groups is 2. The fourth-order valence-corrected chi connectivity index (χ4v) is 4.44. The fraction of sp³-hybridized carbons (Fsp3) is 0.393. The van der Waals surface area contributed by atoms with Crippen molar-refractivity contribution in [1.82, 2.24) is 14.9 Å². The van der Waals surface area contributed by atoms with Gasteiger partial charge in [-0.2, -0.15) is 0 Å². The van der Waals surface area contributed by atoms with Crippen LogP contribution in [0.3, 0.4) is 0 Å². The quantitative estimate of drug-likeness (QED) is 0.312. The molecule has 0 radical (unpaired) electrons. The number of amides is 1. The van der Waals surface area contributed by atoms with Crippen LogP contribution < -0.4 is 15.2 Å². The molecule has 2 atom stereocenters. The number of hydrogen-bond acceptors (Lipinski definition) is 7. The lowest BCUT2D eigenvalue weighted by atomic mass is 10.1. The van der Waals surface area contributed by atoms with Crippen molar-refractivity contribution in [3.05, 3.63) is 71.3 Å². The molecule has 1 aliphatic carbocycles. The van der Waals surface area contributed by atoms with E-state index >= 15 is 0 Å². The first-order valence-corrected chi connectivity index (χ1v) is 12.6. The summed E-state index contributed by atoms with van der Waals surface area (Å²) in [5, 5.41) is 34.0. The molecular formula is C28H31FN3O6-. The van der Waals surface area contributed by atoms with Gasteiger partial charge in [-0.15, -0.1) is 0 Å². The molecular weight excluding hydrogens is 493 g/mol. The number of rotatable bonds is 13. The highest BCUT2D eigenvalue weighted by Gasteiger charge is 2.35. The molecule has 9 nitrogen and oxygen atoms in total. The van der Waals surface area contributed by atoms with Gasteiger partial charge in [-0.05, 0) is 67.6 Å². The van der Waals surface area contributed by atoms with Crippen molar-refractivity contribution < 1.29 is 34.0 Å². The molecule has 202 valence electrons. The Bertz CT molecular complexity index is 1250. The monoisotopic (exact) mass is 524 g/mol. The van der Waals surface area contributed by atoms with Gasteiger partial charge in [0.05, 0.1) is 25.0 Å². The number of carbonyl (C=O) groups is 2.